The van der Waals surface area contributed by atoms with Crippen molar-refractivity contribution >= 4 is 5.91 Å². The summed E-state index contributed by atoms with van der Waals surface area (Å²) >= 11 is 0. The molecule has 0 aromatic heterocycles. The van der Waals surface area contributed by atoms with Crippen molar-refractivity contribution in [1.29, 1.82) is 0 Å². The molecule has 21 heavy (non-hydrogen) atoms. The van der Waals surface area contributed by atoms with Gasteiger partial charge in [-0.3, -0.25) is 9.69 Å². The maximum absolute atomic E-state index is 11.9. The molecule has 1 unspecified atom stereocenters. The summed E-state index contributed by atoms with van der Waals surface area (Å²) in [5.74, 6) is 0.957. The lowest BCUT2D eigenvalue weighted by atomic mass is 10.1. The fourth-order valence-electron chi connectivity index (χ4n) is 2.54. The maximum atomic E-state index is 11.9. The molecule has 0 saturated carbocycles. The lowest BCUT2D eigenvalue weighted by Gasteiger charge is -2.34. The number of nitrogens with zero attached hydrogens (tertiary/aromatic N) is 1. The summed E-state index contributed by atoms with van der Waals surface area (Å²) in [6, 6.07) is 8.02. The topological polar surface area (TPSA) is 53.6 Å². The smallest absolute Gasteiger partial charge is 0.238 e. The molecule has 1 aromatic rings. The Morgan fingerprint density at radius 1 is 1.43 bits per heavy atom. The van der Waals surface area contributed by atoms with Crippen molar-refractivity contribution in [1.82, 2.24) is 15.5 Å². The lowest BCUT2D eigenvalue weighted by Crippen LogP contribution is -2.56. The maximum Gasteiger partial charge on any atom is 0.238 e. The summed E-state index contributed by atoms with van der Waals surface area (Å²) in [5.41, 5.74) is 1.20. The number of hydrogen-bond donors (Lipinski definition) is 2. The van der Waals surface area contributed by atoms with Gasteiger partial charge in [-0.05, 0) is 31.5 Å². The Hall–Kier alpha value is -1.59. The predicted molar refractivity (Wildman–Crippen MR) is 83.3 cm³/mol. The number of nitrogens with one attached hydrogen (secondary N) is 2. The van der Waals surface area contributed by atoms with Crippen LogP contribution in [0.5, 0.6) is 5.75 Å². The largest absolute Gasteiger partial charge is 0.491 e. The van der Waals surface area contributed by atoms with Crippen molar-refractivity contribution in [2.24, 2.45) is 0 Å². The van der Waals surface area contributed by atoms with Crippen molar-refractivity contribution in [3.8, 4) is 5.75 Å². The van der Waals surface area contributed by atoms with E-state index >= 15 is 0 Å². The first-order valence-electron chi connectivity index (χ1n) is 7.52. The summed E-state index contributed by atoms with van der Waals surface area (Å²) in [6.45, 7) is 7.31. The zero-order valence-electron chi connectivity index (χ0n) is 13.1. The second-order valence-electron chi connectivity index (χ2n) is 5.62. The zero-order chi connectivity index (χ0) is 15.2. The molecule has 2 N–H and O–H groups in total. The minimum atomic E-state index is -0.102. The third kappa shape index (κ3) is 4.44. The standard InChI is InChI=1S/C16H25N3O2/c1-12(2)21-14-6-4-13(5-7-14)11-19-9-8-18-10-15(19)16(20)17-3/h4-7,12,15,18H,8-11H2,1-3H3,(H,17,20). The second kappa shape index (κ2) is 7.43. The van der Waals surface area contributed by atoms with Crippen LogP contribution in [0.25, 0.3) is 0 Å². The van der Waals surface area contributed by atoms with Gasteiger partial charge in [0.1, 0.15) is 11.8 Å². The normalized spacial score (nSPS) is 19.5. The van der Waals surface area contributed by atoms with Crippen molar-refractivity contribution in [2.45, 2.75) is 32.5 Å². The lowest BCUT2D eigenvalue weighted by molar-refractivity contribution is -0.126. The molecule has 0 radical (unpaired) electrons. The Kier molecular flexibility index (Phi) is 5.59. The van der Waals surface area contributed by atoms with E-state index in [4.69, 9.17) is 4.74 Å². The molecule has 1 atom stereocenters. The van der Waals surface area contributed by atoms with Gasteiger partial charge in [0.15, 0.2) is 0 Å². The van der Waals surface area contributed by atoms with Gasteiger partial charge in [-0.25, -0.2) is 0 Å². The number of rotatable bonds is 5. The van der Waals surface area contributed by atoms with Gasteiger partial charge in [-0.1, -0.05) is 12.1 Å². The van der Waals surface area contributed by atoms with E-state index in [0.29, 0.717) is 6.54 Å². The van der Waals surface area contributed by atoms with Gasteiger partial charge >= 0.3 is 0 Å². The van der Waals surface area contributed by atoms with Gasteiger partial charge in [0.2, 0.25) is 5.91 Å². The van der Waals surface area contributed by atoms with Crippen LogP contribution in [0.2, 0.25) is 0 Å². The molecular weight excluding hydrogens is 266 g/mol. The summed E-state index contributed by atoms with van der Waals surface area (Å²) in [5, 5.41) is 6.01. The molecule has 5 heteroatoms. The number of piperazine rings is 1. The molecule has 2 rings (SSSR count). The fraction of sp³-hybridized carbons (Fsp3) is 0.562. The minimum absolute atomic E-state index is 0.0713. The van der Waals surface area contributed by atoms with Gasteiger partial charge in [-0.15, -0.1) is 0 Å². The Morgan fingerprint density at radius 3 is 2.76 bits per heavy atom. The number of ether oxygens (including phenoxy) is 1. The third-order valence-electron chi connectivity index (χ3n) is 3.58. The number of benzene rings is 1. The molecule has 1 heterocycles. The quantitative estimate of drug-likeness (QED) is 0.849. The van der Waals surface area contributed by atoms with E-state index in [-0.39, 0.29) is 18.1 Å². The third-order valence-corrected chi connectivity index (χ3v) is 3.58. The van der Waals surface area contributed by atoms with Crippen LogP contribution in [0.4, 0.5) is 0 Å². The van der Waals surface area contributed by atoms with E-state index in [1.54, 1.807) is 7.05 Å². The van der Waals surface area contributed by atoms with Gasteiger partial charge in [-0.2, -0.15) is 0 Å². The Balaban J connectivity index is 2.00. The minimum Gasteiger partial charge on any atom is -0.491 e. The Labute approximate surface area is 126 Å². The van der Waals surface area contributed by atoms with Gasteiger partial charge < -0.3 is 15.4 Å². The van der Waals surface area contributed by atoms with E-state index < -0.39 is 0 Å². The van der Waals surface area contributed by atoms with E-state index in [1.165, 1.54) is 5.56 Å². The molecule has 1 aliphatic rings. The highest BCUT2D eigenvalue weighted by atomic mass is 16.5. The van der Waals surface area contributed by atoms with Gasteiger partial charge in [0, 0.05) is 33.2 Å². The fourth-order valence-corrected chi connectivity index (χ4v) is 2.54. The van der Waals surface area contributed by atoms with Gasteiger partial charge in [0.25, 0.3) is 0 Å². The highest BCUT2D eigenvalue weighted by molar-refractivity contribution is 5.81. The molecule has 0 bridgehead atoms. The molecule has 1 saturated heterocycles. The first-order valence-corrected chi connectivity index (χ1v) is 7.52. The Morgan fingerprint density at radius 2 is 2.14 bits per heavy atom. The van der Waals surface area contributed by atoms with Crippen LogP contribution in [-0.4, -0.2) is 49.6 Å². The van der Waals surface area contributed by atoms with Crippen LogP contribution in [0.15, 0.2) is 24.3 Å². The van der Waals surface area contributed by atoms with Crippen LogP contribution in [0.1, 0.15) is 19.4 Å². The molecule has 0 spiro atoms. The Bertz CT molecular complexity index is 459. The molecule has 0 aliphatic carbocycles. The number of hydrogen-bond acceptors (Lipinski definition) is 4. The number of carbonyl (C=O) groups excluding carboxylic acids is 1. The molecule has 5 nitrogen and oxygen atoms in total. The SMILES string of the molecule is CNC(=O)C1CNCCN1Cc1ccc(OC(C)C)cc1. The highest BCUT2D eigenvalue weighted by Crippen LogP contribution is 2.16. The van der Waals surface area contributed by atoms with Crippen LogP contribution in [-0.2, 0) is 11.3 Å². The van der Waals surface area contributed by atoms with E-state index in [0.717, 1.165) is 25.4 Å². The molecule has 1 fully saturated rings. The number of amides is 1. The summed E-state index contributed by atoms with van der Waals surface area (Å²) in [7, 11) is 1.69. The van der Waals surface area contributed by atoms with Crippen LogP contribution in [0.3, 0.4) is 0 Å². The van der Waals surface area contributed by atoms with Crippen molar-refractivity contribution in [2.75, 3.05) is 26.7 Å². The zero-order valence-corrected chi connectivity index (χ0v) is 13.1. The summed E-state index contributed by atoms with van der Waals surface area (Å²) < 4.78 is 5.65. The average molecular weight is 291 g/mol. The van der Waals surface area contributed by atoms with Crippen LogP contribution < -0.4 is 15.4 Å². The summed E-state index contributed by atoms with van der Waals surface area (Å²) in [6.07, 6.45) is 0.182. The van der Waals surface area contributed by atoms with Gasteiger partial charge in [0.05, 0.1) is 6.10 Å². The van der Waals surface area contributed by atoms with Crippen molar-refractivity contribution in [3.63, 3.8) is 0 Å². The van der Waals surface area contributed by atoms with Crippen LogP contribution >= 0.6 is 0 Å². The molecule has 1 aromatic carbocycles. The molecule has 1 aliphatic heterocycles. The first-order chi connectivity index (χ1) is 10.1. The molecular formula is C16H25N3O2. The van der Waals surface area contributed by atoms with E-state index in [2.05, 4.69) is 27.7 Å². The number of carbonyl (C=O) groups is 1. The second-order valence-corrected chi connectivity index (χ2v) is 5.62. The van der Waals surface area contributed by atoms with Crippen molar-refractivity contribution < 1.29 is 9.53 Å². The van der Waals surface area contributed by atoms with Crippen molar-refractivity contribution in [3.05, 3.63) is 29.8 Å². The summed E-state index contributed by atoms with van der Waals surface area (Å²) in [4.78, 5) is 14.1. The first kappa shape index (κ1) is 15.8. The van der Waals surface area contributed by atoms with E-state index in [9.17, 15) is 4.79 Å². The monoisotopic (exact) mass is 291 g/mol. The average Bonchev–Trinajstić information content (AvgIpc) is 2.48. The number of likely N-dealkylation sites (N-methyl/N-ethyl adjacent to an activating group) is 1. The van der Waals surface area contributed by atoms with E-state index in [1.807, 2.05) is 26.0 Å². The molecule has 116 valence electrons. The predicted octanol–water partition coefficient (Wildman–Crippen LogP) is 0.994. The molecule has 1 amide bonds. The van der Waals surface area contributed by atoms with Crippen LogP contribution in [0, 0.1) is 0 Å². The highest BCUT2D eigenvalue weighted by Gasteiger charge is 2.27.